The zero-order chi connectivity index (χ0) is 18.7. The first-order valence-electron chi connectivity index (χ1n) is 8.74. The van der Waals surface area contributed by atoms with E-state index in [0.29, 0.717) is 12.3 Å². The van der Waals surface area contributed by atoms with Crippen LogP contribution in [0.3, 0.4) is 0 Å². The predicted octanol–water partition coefficient (Wildman–Crippen LogP) is 3.20. The zero-order valence-corrected chi connectivity index (χ0v) is 15.3. The van der Waals surface area contributed by atoms with Gasteiger partial charge < -0.3 is 14.4 Å². The number of nitrogens with zero attached hydrogens (tertiary/aromatic N) is 1. The second-order valence-electron chi connectivity index (χ2n) is 6.61. The molecule has 2 aromatic carbocycles. The Balaban J connectivity index is 1.55. The van der Waals surface area contributed by atoms with Crippen LogP contribution < -0.4 is 9.64 Å². The van der Waals surface area contributed by atoms with Gasteiger partial charge in [-0.05, 0) is 62.1 Å². The summed E-state index contributed by atoms with van der Waals surface area (Å²) in [6.07, 6.45) is -0.0326. The monoisotopic (exact) mass is 353 g/mol. The van der Waals surface area contributed by atoms with Gasteiger partial charge in [0.1, 0.15) is 5.75 Å². The Morgan fingerprint density at radius 1 is 1.12 bits per heavy atom. The molecule has 0 spiro atoms. The minimum atomic E-state index is -0.850. The fraction of sp³-hybridized carbons (Fsp3) is 0.333. The Bertz CT molecular complexity index is 810. The van der Waals surface area contributed by atoms with Crippen molar-refractivity contribution in [1.29, 1.82) is 0 Å². The van der Waals surface area contributed by atoms with Crippen molar-refractivity contribution in [2.24, 2.45) is 0 Å². The van der Waals surface area contributed by atoms with Crippen LogP contribution in [-0.2, 0) is 20.7 Å². The van der Waals surface area contributed by atoms with Gasteiger partial charge >= 0.3 is 5.97 Å². The quantitative estimate of drug-likeness (QED) is 0.775. The first kappa shape index (κ1) is 18.0. The average molecular weight is 353 g/mol. The molecule has 26 heavy (non-hydrogen) atoms. The van der Waals surface area contributed by atoms with E-state index in [1.807, 2.05) is 56.3 Å². The summed E-state index contributed by atoms with van der Waals surface area (Å²) >= 11 is 0. The number of anilines is 1. The minimum Gasteiger partial charge on any atom is -0.482 e. The lowest BCUT2D eigenvalue weighted by atomic mass is 10.1. The molecule has 136 valence electrons. The molecule has 1 amide bonds. The number of hydrogen-bond acceptors (Lipinski definition) is 4. The second-order valence-corrected chi connectivity index (χ2v) is 6.61. The number of esters is 1. The van der Waals surface area contributed by atoms with E-state index in [0.717, 1.165) is 28.8 Å². The van der Waals surface area contributed by atoms with E-state index < -0.39 is 12.1 Å². The smallest absolute Gasteiger partial charge is 0.344 e. The summed E-state index contributed by atoms with van der Waals surface area (Å²) in [6, 6.07) is 13.5. The Morgan fingerprint density at radius 2 is 1.81 bits per heavy atom. The SMILES string of the molecule is Cc1cc(C)cc(OCC(=O)O[C@H](C)C(=O)N2CCc3ccccc32)c1. The van der Waals surface area contributed by atoms with Crippen LogP contribution >= 0.6 is 0 Å². The fourth-order valence-corrected chi connectivity index (χ4v) is 3.23. The normalized spacial score (nSPS) is 13.9. The molecule has 0 saturated carbocycles. The number of carbonyl (C=O) groups excluding carboxylic acids is 2. The molecule has 1 aliphatic rings. The first-order valence-corrected chi connectivity index (χ1v) is 8.74. The molecule has 0 radical (unpaired) electrons. The molecule has 1 heterocycles. The standard InChI is InChI=1S/C21H23NO4/c1-14-10-15(2)12-18(11-14)25-13-20(23)26-16(3)21(24)22-9-8-17-6-4-5-7-19(17)22/h4-7,10-12,16H,8-9,13H2,1-3H3/t16-/m1/s1. The third-order valence-corrected chi connectivity index (χ3v) is 4.36. The molecule has 0 bridgehead atoms. The summed E-state index contributed by atoms with van der Waals surface area (Å²) < 4.78 is 10.8. The molecule has 2 aromatic rings. The molecule has 0 aliphatic carbocycles. The fourth-order valence-electron chi connectivity index (χ4n) is 3.23. The number of rotatable bonds is 5. The van der Waals surface area contributed by atoms with Crippen LogP contribution in [0.25, 0.3) is 0 Å². The lowest BCUT2D eigenvalue weighted by Gasteiger charge is -2.21. The zero-order valence-electron chi connectivity index (χ0n) is 15.3. The van der Waals surface area contributed by atoms with Crippen molar-refractivity contribution in [2.75, 3.05) is 18.1 Å². The highest BCUT2D eigenvalue weighted by Crippen LogP contribution is 2.28. The van der Waals surface area contributed by atoms with Crippen molar-refractivity contribution < 1.29 is 19.1 Å². The van der Waals surface area contributed by atoms with E-state index in [1.165, 1.54) is 0 Å². The molecule has 1 atom stereocenters. The molecule has 0 aromatic heterocycles. The predicted molar refractivity (Wildman–Crippen MR) is 99.5 cm³/mol. The number of fused-ring (bicyclic) bond motifs is 1. The summed E-state index contributed by atoms with van der Waals surface area (Å²) in [5, 5.41) is 0. The molecule has 3 rings (SSSR count). The summed E-state index contributed by atoms with van der Waals surface area (Å²) in [6.45, 7) is 5.91. The van der Waals surface area contributed by atoms with Crippen LogP contribution in [0.15, 0.2) is 42.5 Å². The molecule has 1 aliphatic heterocycles. The first-order chi connectivity index (χ1) is 12.4. The van der Waals surface area contributed by atoms with Gasteiger partial charge in [0.25, 0.3) is 5.91 Å². The number of hydrogen-bond donors (Lipinski definition) is 0. The third kappa shape index (κ3) is 4.04. The summed E-state index contributed by atoms with van der Waals surface area (Å²) in [5.41, 5.74) is 4.15. The van der Waals surface area contributed by atoms with Gasteiger partial charge in [-0.15, -0.1) is 0 Å². The van der Waals surface area contributed by atoms with Gasteiger partial charge in [-0.1, -0.05) is 24.3 Å². The second kappa shape index (κ2) is 7.60. The highest BCUT2D eigenvalue weighted by molar-refractivity contribution is 5.99. The van der Waals surface area contributed by atoms with Crippen LogP contribution in [0.1, 0.15) is 23.6 Å². The van der Waals surface area contributed by atoms with Crippen molar-refractivity contribution in [3.05, 3.63) is 59.2 Å². The topological polar surface area (TPSA) is 55.8 Å². The number of carbonyl (C=O) groups is 2. The third-order valence-electron chi connectivity index (χ3n) is 4.36. The van der Waals surface area contributed by atoms with E-state index in [9.17, 15) is 9.59 Å². The van der Waals surface area contributed by atoms with Gasteiger partial charge in [0.15, 0.2) is 12.7 Å². The van der Waals surface area contributed by atoms with Crippen LogP contribution in [0.4, 0.5) is 5.69 Å². The number of aryl methyl sites for hydroxylation is 2. The molecule has 0 fully saturated rings. The highest BCUT2D eigenvalue weighted by Gasteiger charge is 2.29. The van der Waals surface area contributed by atoms with Crippen LogP contribution in [-0.4, -0.2) is 31.1 Å². The highest BCUT2D eigenvalue weighted by atomic mass is 16.6. The maximum atomic E-state index is 12.6. The van der Waals surface area contributed by atoms with E-state index in [4.69, 9.17) is 9.47 Å². The molecule has 5 nitrogen and oxygen atoms in total. The van der Waals surface area contributed by atoms with Gasteiger partial charge in [-0.25, -0.2) is 4.79 Å². The van der Waals surface area contributed by atoms with E-state index in [2.05, 4.69) is 0 Å². The molecular formula is C21H23NO4. The van der Waals surface area contributed by atoms with Crippen molar-refractivity contribution >= 4 is 17.6 Å². The van der Waals surface area contributed by atoms with Gasteiger partial charge in [0, 0.05) is 12.2 Å². The largest absolute Gasteiger partial charge is 0.482 e. The summed E-state index contributed by atoms with van der Waals surface area (Å²) in [4.78, 5) is 26.3. The van der Waals surface area contributed by atoms with E-state index in [-0.39, 0.29) is 12.5 Å². The van der Waals surface area contributed by atoms with Gasteiger partial charge in [-0.3, -0.25) is 4.79 Å². The molecule has 0 saturated heterocycles. The maximum Gasteiger partial charge on any atom is 0.344 e. The minimum absolute atomic E-state index is 0.213. The van der Waals surface area contributed by atoms with E-state index in [1.54, 1.807) is 11.8 Å². The van der Waals surface area contributed by atoms with Crippen molar-refractivity contribution in [3.63, 3.8) is 0 Å². The molecular weight excluding hydrogens is 330 g/mol. The maximum absolute atomic E-state index is 12.6. The van der Waals surface area contributed by atoms with Crippen molar-refractivity contribution in [1.82, 2.24) is 0 Å². The molecule has 0 N–H and O–H groups in total. The van der Waals surface area contributed by atoms with Crippen molar-refractivity contribution in [2.45, 2.75) is 33.3 Å². The average Bonchev–Trinajstić information content (AvgIpc) is 3.02. The van der Waals surface area contributed by atoms with Crippen molar-refractivity contribution in [3.8, 4) is 5.75 Å². The van der Waals surface area contributed by atoms with Gasteiger partial charge in [-0.2, -0.15) is 0 Å². The molecule has 5 heteroatoms. The van der Waals surface area contributed by atoms with Gasteiger partial charge in [0.05, 0.1) is 0 Å². The number of amides is 1. The molecule has 0 unspecified atom stereocenters. The summed E-state index contributed by atoms with van der Waals surface area (Å²) in [7, 11) is 0. The number of benzene rings is 2. The Hall–Kier alpha value is -2.82. The lowest BCUT2D eigenvalue weighted by molar-refractivity contribution is -0.155. The Labute approximate surface area is 153 Å². The number of ether oxygens (including phenoxy) is 2. The Kier molecular flexibility index (Phi) is 5.26. The Morgan fingerprint density at radius 3 is 2.54 bits per heavy atom. The van der Waals surface area contributed by atoms with Crippen LogP contribution in [0.5, 0.6) is 5.75 Å². The summed E-state index contributed by atoms with van der Waals surface area (Å²) in [5.74, 6) is -0.154. The number of para-hydroxylation sites is 1. The van der Waals surface area contributed by atoms with Crippen LogP contribution in [0.2, 0.25) is 0 Å². The van der Waals surface area contributed by atoms with Gasteiger partial charge in [0.2, 0.25) is 0 Å². The van der Waals surface area contributed by atoms with Crippen LogP contribution in [0, 0.1) is 13.8 Å². The lowest BCUT2D eigenvalue weighted by Crippen LogP contribution is -2.39. The van der Waals surface area contributed by atoms with E-state index >= 15 is 0 Å².